The molecule has 4 N–H and O–H groups in total. The van der Waals surface area contributed by atoms with Crippen LogP contribution in [0.4, 0.5) is 0 Å². The van der Waals surface area contributed by atoms with Crippen LogP contribution in [-0.4, -0.2) is 48.9 Å². The molecule has 1 aliphatic rings. The van der Waals surface area contributed by atoms with Gasteiger partial charge in [-0.25, -0.2) is 0 Å². The molecule has 0 saturated carbocycles. The van der Waals surface area contributed by atoms with Crippen LogP contribution in [0.25, 0.3) is 0 Å². The number of carbonyl (C=O) groups excluding carboxylic acids is 2. The van der Waals surface area contributed by atoms with Crippen LogP contribution in [0, 0.1) is 0 Å². The highest BCUT2D eigenvalue weighted by Crippen LogP contribution is 2.07. The summed E-state index contributed by atoms with van der Waals surface area (Å²) < 4.78 is 0. The molecule has 1 aromatic carbocycles. The topological polar surface area (TPSA) is 87.5 Å². The Hall–Kier alpha value is -1.92. The van der Waals surface area contributed by atoms with Crippen LogP contribution in [0.15, 0.2) is 24.3 Å². The lowest BCUT2D eigenvalue weighted by atomic mass is 10.1. The molecule has 1 saturated heterocycles. The highest BCUT2D eigenvalue weighted by atomic mass is 16.2. The summed E-state index contributed by atoms with van der Waals surface area (Å²) in [5, 5.41) is 5.79. The SMILES string of the molecule is CCCC(N)C(=O)NCc1ccc(C(=O)NCCN2CCCC2)cc1. The third-order valence-corrected chi connectivity index (χ3v) is 4.53. The first-order chi connectivity index (χ1) is 12.1. The average molecular weight is 346 g/mol. The summed E-state index contributed by atoms with van der Waals surface area (Å²) in [6.07, 6.45) is 4.09. The molecule has 0 spiro atoms. The summed E-state index contributed by atoms with van der Waals surface area (Å²) >= 11 is 0. The quantitative estimate of drug-likeness (QED) is 0.628. The van der Waals surface area contributed by atoms with Crippen molar-refractivity contribution in [2.75, 3.05) is 26.2 Å². The number of amides is 2. The van der Waals surface area contributed by atoms with Crippen LogP contribution >= 0.6 is 0 Å². The standard InChI is InChI=1S/C19H30N4O2/c1-2-5-17(20)19(25)22-14-15-6-8-16(9-7-15)18(24)21-10-13-23-11-3-4-12-23/h6-9,17H,2-5,10-14,20H2,1H3,(H,21,24)(H,22,25). The van der Waals surface area contributed by atoms with Crippen molar-refractivity contribution >= 4 is 11.8 Å². The van der Waals surface area contributed by atoms with Crippen LogP contribution in [0.3, 0.4) is 0 Å². The number of nitrogens with two attached hydrogens (primary N) is 1. The molecule has 6 heteroatoms. The summed E-state index contributed by atoms with van der Waals surface area (Å²) in [5.41, 5.74) is 7.37. The van der Waals surface area contributed by atoms with Crippen LogP contribution < -0.4 is 16.4 Å². The van der Waals surface area contributed by atoms with Gasteiger partial charge in [0.25, 0.3) is 5.91 Å². The number of benzene rings is 1. The minimum absolute atomic E-state index is 0.0558. The summed E-state index contributed by atoms with van der Waals surface area (Å²) in [5.74, 6) is -0.190. The fourth-order valence-electron chi connectivity index (χ4n) is 2.97. The predicted octanol–water partition coefficient (Wildman–Crippen LogP) is 1.26. The van der Waals surface area contributed by atoms with Crippen molar-refractivity contribution in [1.82, 2.24) is 15.5 Å². The molecular weight excluding hydrogens is 316 g/mol. The molecule has 0 aromatic heterocycles. The number of rotatable bonds is 9. The Kier molecular flexibility index (Phi) is 7.88. The molecule has 2 amide bonds. The maximum Gasteiger partial charge on any atom is 0.251 e. The predicted molar refractivity (Wildman–Crippen MR) is 99.2 cm³/mol. The number of likely N-dealkylation sites (tertiary alicyclic amines) is 1. The van der Waals surface area contributed by atoms with Gasteiger partial charge in [-0.1, -0.05) is 25.5 Å². The van der Waals surface area contributed by atoms with Crippen LogP contribution in [-0.2, 0) is 11.3 Å². The van der Waals surface area contributed by atoms with Crippen LogP contribution in [0.1, 0.15) is 48.5 Å². The second-order valence-electron chi connectivity index (χ2n) is 6.61. The van der Waals surface area contributed by atoms with E-state index in [0.29, 0.717) is 25.1 Å². The second kappa shape index (κ2) is 10.2. The first-order valence-electron chi connectivity index (χ1n) is 9.23. The van der Waals surface area contributed by atoms with Gasteiger partial charge in [-0.2, -0.15) is 0 Å². The van der Waals surface area contributed by atoms with Gasteiger partial charge in [-0.3, -0.25) is 9.59 Å². The lowest BCUT2D eigenvalue weighted by Crippen LogP contribution is -2.40. The lowest BCUT2D eigenvalue weighted by Gasteiger charge is -2.14. The Morgan fingerprint density at radius 1 is 1.16 bits per heavy atom. The Bertz CT molecular complexity index is 553. The van der Waals surface area contributed by atoms with Crippen molar-refractivity contribution < 1.29 is 9.59 Å². The molecule has 1 unspecified atom stereocenters. The third-order valence-electron chi connectivity index (χ3n) is 4.53. The van der Waals surface area contributed by atoms with Crippen molar-refractivity contribution in [3.63, 3.8) is 0 Å². The Labute approximate surface area is 150 Å². The lowest BCUT2D eigenvalue weighted by molar-refractivity contribution is -0.122. The normalized spacial score (nSPS) is 15.8. The smallest absolute Gasteiger partial charge is 0.251 e. The van der Waals surface area contributed by atoms with E-state index in [1.807, 2.05) is 19.1 Å². The number of hydrogen-bond acceptors (Lipinski definition) is 4. The average Bonchev–Trinajstić information content (AvgIpc) is 3.13. The van der Waals surface area contributed by atoms with E-state index in [9.17, 15) is 9.59 Å². The van der Waals surface area contributed by atoms with E-state index < -0.39 is 6.04 Å². The van der Waals surface area contributed by atoms with Crippen molar-refractivity contribution in [2.24, 2.45) is 5.73 Å². The van der Waals surface area contributed by atoms with Gasteiger partial charge in [0.1, 0.15) is 0 Å². The van der Waals surface area contributed by atoms with Gasteiger partial charge in [0, 0.05) is 25.2 Å². The fourth-order valence-corrected chi connectivity index (χ4v) is 2.97. The summed E-state index contributed by atoms with van der Waals surface area (Å²) in [6, 6.07) is 6.85. The molecule has 1 atom stereocenters. The summed E-state index contributed by atoms with van der Waals surface area (Å²) in [6.45, 7) is 6.28. The highest BCUT2D eigenvalue weighted by molar-refractivity contribution is 5.94. The molecule has 1 aromatic rings. The van der Waals surface area contributed by atoms with Gasteiger partial charge in [0.2, 0.25) is 5.91 Å². The van der Waals surface area contributed by atoms with E-state index in [0.717, 1.165) is 31.6 Å². The zero-order chi connectivity index (χ0) is 18.1. The summed E-state index contributed by atoms with van der Waals surface area (Å²) in [4.78, 5) is 26.3. The third kappa shape index (κ3) is 6.48. The molecule has 0 aliphatic carbocycles. The monoisotopic (exact) mass is 346 g/mol. The fraction of sp³-hybridized carbons (Fsp3) is 0.579. The van der Waals surface area contributed by atoms with Crippen molar-refractivity contribution in [3.8, 4) is 0 Å². The van der Waals surface area contributed by atoms with Gasteiger partial charge in [0.05, 0.1) is 6.04 Å². The maximum atomic E-state index is 12.1. The van der Waals surface area contributed by atoms with E-state index in [1.54, 1.807) is 12.1 Å². The molecule has 0 bridgehead atoms. The Balaban J connectivity index is 1.72. The summed E-state index contributed by atoms with van der Waals surface area (Å²) in [7, 11) is 0. The van der Waals surface area contributed by atoms with Crippen molar-refractivity contribution in [3.05, 3.63) is 35.4 Å². The van der Waals surface area contributed by atoms with Crippen molar-refractivity contribution in [2.45, 2.75) is 45.2 Å². The van der Waals surface area contributed by atoms with E-state index in [2.05, 4.69) is 15.5 Å². The molecule has 1 heterocycles. The molecule has 2 rings (SSSR count). The van der Waals surface area contributed by atoms with Gasteiger partial charge >= 0.3 is 0 Å². The molecule has 138 valence electrons. The minimum atomic E-state index is -0.453. The van der Waals surface area contributed by atoms with Gasteiger partial charge < -0.3 is 21.3 Å². The first-order valence-corrected chi connectivity index (χ1v) is 9.23. The zero-order valence-electron chi connectivity index (χ0n) is 15.1. The van der Waals surface area contributed by atoms with E-state index in [1.165, 1.54) is 12.8 Å². The Morgan fingerprint density at radius 2 is 1.84 bits per heavy atom. The zero-order valence-corrected chi connectivity index (χ0v) is 15.1. The number of nitrogens with one attached hydrogen (secondary N) is 2. The van der Waals surface area contributed by atoms with Gasteiger partial charge in [-0.05, 0) is 50.0 Å². The van der Waals surface area contributed by atoms with Crippen LogP contribution in [0.5, 0.6) is 0 Å². The largest absolute Gasteiger partial charge is 0.351 e. The van der Waals surface area contributed by atoms with E-state index >= 15 is 0 Å². The number of carbonyl (C=O) groups is 2. The maximum absolute atomic E-state index is 12.1. The molecule has 25 heavy (non-hydrogen) atoms. The van der Waals surface area contributed by atoms with E-state index in [4.69, 9.17) is 5.73 Å². The molecule has 1 fully saturated rings. The first kappa shape index (κ1) is 19.4. The number of hydrogen-bond donors (Lipinski definition) is 3. The van der Waals surface area contributed by atoms with Gasteiger partial charge in [-0.15, -0.1) is 0 Å². The van der Waals surface area contributed by atoms with Crippen LogP contribution in [0.2, 0.25) is 0 Å². The minimum Gasteiger partial charge on any atom is -0.351 e. The molecule has 0 radical (unpaired) electrons. The second-order valence-corrected chi connectivity index (χ2v) is 6.61. The van der Waals surface area contributed by atoms with Crippen molar-refractivity contribution in [1.29, 1.82) is 0 Å². The molecular formula is C19H30N4O2. The molecule has 6 nitrogen and oxygen atoms in total. The number of nitrogens with zero attached hydrogens (tertiary/aromatic N) is 1. The van der Waals surface area contributed by atoms with Gasteiger partial charge in [0.15, 0.2) is 0 Å². The molecule has 1 aliphatic heterocycles. The Morgan fingerprint density at radius 3 is 2.48 bits per heavy atom. The van der Waals surface area contributed by atoms with E-state index in [-0.39, 0.29) is 11.8 Å². The highest BCUT2D eigenvalue weighted by Gasteiger charge is 2.13.